The lowest BCUT2D eigenvalue weighted by Crippen LogP contribution is -2.40. The van der Waals surface area contributed by atoms with E-state index in [1.54, 1.807) is 6.20 Å². The minimum atomic E-state index is -0.153. The highest BCUT2D eigenvalue weighted by molar-refractivity contribution is 5.98. The fourth-order valence-electron chi connectivity index (χ4n) is 4.13. The summed E-state index contributed by atoms with van der Waals surface area (Å²) in [6.07, 6.45) is 4.50. The highest BCUT2D eigenvalue weighted by Crippen LogP contribution is 2.33. The second kappa shape index (κ2) is 6.72. The Balaban J connectivity index is 1.43. The number of pyridine rings is 1. The maximum Gasteiger partial charge on any atom is 0.270 e. The van der Waals surface area contributed by atoms with Gasteiger partial charge < -0.3 is 20.3 Å². The van der Waals surface area contributed by atoms with Gasteiger partial charge in [-0.25, -0.2) is 4.98 Å². The van der Waals surface area contributed by atoms with E-state index in [9.17, 15) is 9.59 Å². The highest BCUT2D eigenvalue weighted by atomic mass is 16.5. The van der Waals surface area contributed by atoms with E-state index in [0.29, 0.717) is 30.5 Å². The van der Waals surface area contributed by atoms with Gasteiger partial charge in [-0.05, 0) is 51.4 Å². The van der Waals surface area contributed by atoms with Gasteiger partial charge in [0.25, 0.3) is 5.91 Å². The zero-order valence-electron chi connectivity index (χ0n) is 14.5. The first kappa shape index (κ1) is 16.5. The SMILES string of the molecule is CN1CCC([C@@H]2OCC[C@H]2C(=O)Nc2cnc3c(c2)CNC3=O)CC1. The third kappa shape index (κ3) is 3.26. The van der Waals surface area contributed by atoms with Gasteiger partial charge in [0.05, 0.1) is 23.9 Å². The van der Waals surface area contributed by atoms with Crippen molar-refractivity contribution in [1.29, 1.82) is 0 Å². The van der Waals surface area contributed by atoms with Crippen molar-refractivity contribution in [1.82, 2.24) is 15.2 Å². The Morgan fingerprint density at radius 2 is 2.16 bits per heavy atom. The molecule has 4 heterocycles. The van der Waals surface area contributed by atoms with E-state index in [2.05, 4.69) is 27.6 Å². The molecule has 4 rings (SSSR count). The zero-order chi connectivity index (χ0) is 17.4. The number of aromatic nitrogens is 1. The maximum atomic E-state index is 12.8. The number of anilines is 1. The number of piperidine rings is 1. The number of ether oxygens (including phenoxy) is 1. The van der Waals surface area contributed by atoms with Crippen LogP contribution in [0.4, 0.5) is 5.69 Å². The molecule has 1 aromatic heterocycles. The van der Waals surface area contributed by atoms with E-state index in [4.69, 9.17) is 4.74 Å². The minimum Gasteiger partial charge on any atom is -0.377 e. The van der Waals surface area contributed by atoms with Gasteiger partial charge in [-0.2, -0.15) is 0 Å². The van der Waals surface area contributed by atoms with E-state index in [-0.39, 0.29) is 23.8 Å². The smallest absolute Gasteiger partial charge is 0.270 e. The molecular weight excluding hydrogens is 320 g/mol. The van der Waals surface area contributed by atoms with Crippen molar-refractivity contribution in [3.8, 4) is 0 Å². The Hall–Kier alpha value is -1.99. The summed E-state index contributed by atoms with van der Waals surface area (Å²) in [5, 5.41) is 5.71. The highest BCUT2D eigenvalue weighted by Gasteiger charge is 2.40. The topological polar surface area (TPSA) is 83.6 Å². The van der Waals surface area contributed by atoms with Crippen LogP contribution < -0.4 is 10.6 Å². The van der Waals surface area contributed by atoms with E-state index in [1.807, 2.05) is 6.07 Å². The molecule has 2 saturated heterocycles. The molecule has 0 saturated carbocycles. The number of rotatable bonds is 3. The van der Waals surface area contributed by atoms with E-state index in [0.717, 1.165) is 37.9 Å². The molecule has 2 fully saturated rings. The summed E-state index contributed by atoms with van der Waals surface area (Å²) >= 11 is 0. The molecule has 0 aromatic carbocycles. The molecular formula is C18H24N4O3. The summed E-state index contributed by atoms with van der Waals surface area (Å²) < 4.78 is 5.94. The first-order valence-electron chi connectivity index (χ1n) is 9.00. The fraction of sp³-hybridized carbons (Fsp3) is 0.611. The van der Waals surface area contributed by atoms with Crippen molar-refractivity contribution in [2.45, 2.75) is 31.9 Å². The minimum absolute atomic E-state index is 0.000427. The summed E-state index contributed by atoms with van der Waals surface area (Å²) in [6, 6.07) is 1.83. The molecule has 0 bridgehead atoms. The largest absolute Gasteiger partial charge is 0.377 e. The van der Waals surface area contributed by atoms with Crippen LogP contribution in [0.25, 0.3) is 0 Å². The van der Waals surface area contributed by atoms with E-state index < -0.39 is 0 Å². The lowest BCUT2D eigenvalue weighted by atomic mass is 9.84. The molecule has 3 aliphatic heterocycles. The van der Waals surface area contributed by atoms with Gasteiger partial charge in [0, 0.05) is 18.7 Å². The van der Waals surface area contributed by atoms with Gasteiger partial charge in [-0.3, -0.25) is 9.59 Å². The summed E-state index contributed by atoms with van der Waals surface area (Å²) in [7, 11) is 2.14. The predicted molar refractivity (Wildman–Crippen MR) is 92.1 cm³/mol. The summed E-state index contributed by atoms with van der Waals surface area (Å²) in [4.78, 5) is 30.9. The van der Waals surface area contributed by atoms with Crippen molar-refractivity contribution >= 4 is 17.5 Å². The fourth-order valence-corrected chi connectivity index (χ4v) is 4.13. The average Bonchev–Trinajstić information content (AvgIpc) is 3.23. The van der Waals surface area contributed by atoms with Gasteiger partial charge in [0.15, 0.2) is 0 Å². The average molecular weight is 344 g/mol. The first-order chi connectivity index (χ1) is 12.1. The molecule has 1 aromatic rings. The zero-order valence-corrected chi connectivity index (χ0v) is 14.5. The van der Waals surface area contributed by atoms with Crippen LogP contribution in [0.5, 0.6) is 0 Å². The Bertz CT molecular complexity index is 685. The lowest BCUT2D eigenvalue weighted by Gasteiger charge is -2.34. The van der Waals surface area contributed by atoms with Crippen molar-refractivity contribution in [3.05, 3.63) is 23.5 Å². The number of carbonyl (C=O) groups excluding carboxylic acids is 2. The van der Waals surface area contributed by atoms with Gasteiger partial charge in [-0.15, -0.1) is 0 Å². The molecule has 25 heavy (non-hydrogen) atoms. The summed E-state index contributed by atoms with van der Waals surface area (Å²) in [6.45, 7) is 3.24. The van der Waals surface area contributed by atoms with Crippen molar-refractivity contribution in [3.63, 3.8) is 0 Å². The molecule has 0 spiro atoms. The molecule has 0 unspecified atom stereocenters. The molecule has 7 nitrogen and oxygen atoms in total. The number of fused-ring (bicyclic) bond motifs is 1. The van der Waals surface area contributed by atoms with Gasteiger partial charge in [0.1, 0.15) is 5.69 Å². The van der Waals surface area contributed by atoms with Crippen LogP contribution >= 0.6 is 0 Å². The van der Waals surface area contributed by atoms with Crippen molar-refractivity contribution < 1.29 is 14.3 Å². The Morgan fingerprint density at radius 3 is 2.96 bits per heavy atom. The molecule has 7 heteroatoms. The summed E-state index contributed by atoms with van der Waals surface area (Å²) in [5.74, 6) is 0.190. The van der Waals surface area contributed by atoms with Crippen LogP contribution in [-0.2, 0) is 16.1 Å². The van der Waals surface area contributed by atoms with Gasteiger partial charge >= 0.3 is 0 Å². The van der Waals surface area contributed by atoms with Crippen LogP contribution in [0, 0.1) is 11.8 Å². The van der Waals surface area contributed by atoms with Crippen molar-refractivity contribution in [2.75, 3.05) is 32.1 Å². The Labute approximate surface area is 147 Å². The Morgan fingerprint density at radius 1 is 1.36 bits per heavy atom. The van der Waals surface area contributed by atoms with E-state index >= 15 is 0 Å². The second-order valence-electron chi connectivity index (χ2n) is 7.27. The third-order valence-corrected chi connectivity index (χ3v) is 5.59. The molecule has 0 radical (unpaired) electrons. The number of hydrogen-bond donors (Lipinski definition) is 2. The Kier molecular flexibility index (Phi) is 4.43. The van der Waals surface area contributed by atoms with Crippen LogP contribution in [0.2, 0.25) is 0 Å². The second-order valence-corrected chi connectivity index (χ2v) is 7.27. The number of carbonyl (C=O) groups is 2. The van der Waals surface area contributed by atoms with Crippen LogP contribution in [-0.4, -0.2) is 54.5 Å². The normalized spacial score (nSPS) is 27.2. The summed E-state index contributed by atoms with van der Waals surface area (Å²) in [5.41, 5.74) is 1.93. The van der Waals surface area contributed by atoms with E-state index in [1.165, 1.54) is 0 Å². The maximum absolute atomic E-state index is 12.8. The molecule has 2 N–H and O–H groups in total. The monoisotopic (exact) mass is 344 g/mol. The van der Waals surface area contributed by atoms with Crippen LogP contribution in [0.3, 0.4) is 0 Å². The first-order valence-corrected chi connectivity index (χ1v) is 9.00. The number of nitrogens with one attached hydrogen (secondary N) is 2. The lowest BCUT2D eigenvalue weighted by molar-refractivity contribution is -0.122. The van der Waals surface area contributed by atoms with Crippen LogP contribution in [0.1, 0.15) is 35.3 Å². The molecule has 134 valence electrons. The third-order valence-electron chi connectivity index (χ3n) is 5.59. The predicted octanol–water partition coefficient (Wildman–Crippen LogP) is 1.01. The number of hydrogen-bond acceptors (Lipinski definition) is 5. The quantitative estimate of drug-likeness (QED) is 0.855. The molecule has 2 amide bonds. The number of likely N-dealkylation sites (tertiary alicyclic amines) is 1. The molecule has 2 atom stereocenters. The molecule has 3 aliphatic rings. The standard InChI is InChI=1S/C18H24N4O3/c1-22-5-2-11(3-6-22)16-14(4-7-25-16)17(23)21-13-8-12-9-20-18(24)15(12)19-10-13/h8,10-11,14,16H,2-7,9H2,1H3,(H,20,24)(H,21,23)/t14-,16+/m1/s1. The molecule has 0 aliphatic carbocycles. The number of nitrogens with zero attached hydrogens (tertiary/aromatic N) is 2. The van der Waals surface area contributed by atoms with Gasteiger partial charge in [0.2, 0.25) is 5.91 Å². The number of amides is 2. The van der Waals surface area contributed by atoms with Crippen molar-refractivity contribution in [2.24, 2.45) is 11.8 Å². The van der Waals surface area contributed by atoms with Crippen LogP contribution in [0.15, 0.2) is 12.3 Å². The van der Waals surface area contributed by atoms with Gasteiger partial charge in [-0.1, -0.05) is 0 Å².